The van der Waals surface area contributed by atoms with Crippen molar-refractivity contribution < 1.29 is 18.5 Å². The molecule has 29 heavy (non-hydrogen) atoms. The molecule has 1 aliphatic heterocycles. The van der Waals surface area contributed by atoms with E-state index < -0.39 is 15.5 Å². The largest absolute Gasteiger partial charge is 0.493 e. The van der Waals surface area contributed by atoms with Crippen molar-refractivity contribution in [3.63, 3.8) is 0 Å². The summed E-state index contributed by atoms with van der Waals surface area (Å²) in [6.45, 7) is 0. The zero-order chi connectivity index (χ0) is 20.6. The molecule has 9 heteroatoms. The van der Waals surface area contributed by atoms with Crippen LogP contribution in [0.2, 0.25) is 5.02 Å². The average Bonchev–Trinajstić information content (AvgIpc) is 3.34. The molecular weight excluding hydrogens is 414 g/mol. The number of rotatable bonds is 4. The van der Waals surface area contributed by atoms with Crippen LogP contribution in [-0.2, 0) is 16.8 Å². The minimum atomic E-state index is -2.47. The zero-order valence-electron chi connectivity index (χ0n) is 15.8. The molecule has 1 N–H and O–H groups in total. The van der Waals surface area contributed by atoms with Crippen molar-refractivity contribution in [1.82, 2.24) is 9.78 Å². The fourth-order valence-corrected chi connectivity index (χ4v) is 5.95. The third-order valence-corrected chi connectivity index (χ3v) is 7.73. The Labute approximate surface area is 173 Å². The first-order valence-electron chi connectivity index (χ1n) is 9.24. The number of hydrogen-bond donors (Lipinski definition) is 1. The van der Waals surface area contributed by atoms with Gasteiger partial charge in [-0.3, -0.25) is 4.79 Å². The maximum atomic E-state index is 13.3. The highest BCUT2D eigenvalue weighted by Gasteiger charge is 2.25. The summed E-state index contributed by atoms with van der Waals surface area (Å²) in [7, 11) is -0.939. The van der Waals surface area contributed by atoms with Crippen molar-refractivity contribution in [2.75, 3.05) is 11.5 Å². The molecule has 0 radical (unpaired) electrons. The van der Waals surface area contributed by atoms with Crippen molar-refractivity contribution in [3.05, 3.63) is 52.9 Å². The van der Waals surface area contributed by atoms with Crippen molar-refractivity contribution in [3.8, 4) is 17.2 Å². The number of furan rings is 1. The lowest BCUT2D eigenvalue weighted by Crippen LogP contribution is -2.16. The summed E-state index contributed by atoms with van der Waals surface area (Å²) in [5, 5.41) is 14.1. The molecule has 3 heterocycles. The summed E-state index contributed by atoms with van der Waals surface area (Å²) in [6, 6.07) is 6.73. The van der Waals surface area contributed by atoms with Crippen molar-refractivity contribution in [1.29, 1.82) is 0 Å². The second kappa shape index (κ2) is 7.68. The highest BCUT2D eigenvalue weighted by atomic mass is 35.5. The lowest BCUT2D eigenvalue weighted by atomic mass is 10.0. The summed E-state index contributed by atoms with van der Waals surface area (Å²) in [4.78, 5) is 13.0. The van der Waals surface area contributed by atoms with Crippen molar-refractivity contribution in [2.24, 2.45) is 11.4 Å². The fraction of sp³-hybridized carbons (Fsp3) is 0.300. The lowest BCUT2D eigenvalue weighted by molar-refractivity contribution is 0.103. The van der Waals surface area contributed by atoms with Crippen LogP contribution in [0.15, 0.2) is 45.5 Å². The minimum absolute atomic E-state index is 0.0351. The second-order valence-corrected chi connectivity index (χ2v) is 9.89. The van der Waals surface area contributed by atoms with Crippen molar-refractivity contribution >= 4 is 32.8 Å². The normalized spacial score (nSPS) is 15.9. The smallest absolute Gasteiger partial charge is 0.220 e. The van der Waals surface area contributed by atoms with E-state index in [0.717, 1.165) is 19.3 Å². The number of aryl methyl sites for hydroxylation is 1. The van der Waals surface area contributed by atoms with E-state index in [1.807, 2.05) is 0 Å². The van der Waals surface area contributed by atoms with Gasteiger partial charge in [0, 0.05) is 29.7 Å². The molecule has 7 nitrogen and oxygen atoms in total. The molecule has 1 aromatic carbocycles. The van der Waals surface area contributed by atoms with Gasteiger partial charge in [0.1, 0.15) is 17.0 Å². The number of hydrogen-bond acceptors (Lipinski definition) is 6. The van der Waals surface area contributed by atoms with Gasteiger partial charge in [-0.1, -0.05) is 18.0 Å². The number of nitrogens with zero attached hydrogens (tertiary/aromatic N) is 3. The Hall–Kier alpha value is -2.58. The van der Waals surface area contributed by atoms with Gasteiger partial charge in [-0.15, -0.1) is 0 Å². The van der Waals surface area contributed by atoms with Gasteiger partial charge in [0.15, 0.2) is 0 Å². The Morgan fingerprint density at radius 2 is 2.00 bits per heavy atom. The molecule has 2 aromatic heterocycles. The van der Waals surface area contributed by atoms with Crippen LogP contribution in [0.5, 0.6) is 5.88 Å². The SMILES string of the molecule is Cn1ncc(C(=O)c2ccc(-c3ccco3)c(N=S3(=O)CCCCC3)c2Cl)c1O. The van der Waals surface area contributed by atoms with Crippen LogP contribution in [0.1, 0.15) is 35.2 Å². The number of carbonyl (C=O) groups is 1. The maximum absolute atomic E-state index is 13.3. The van der Waals surface area contributed by atoms with E-state index in [4.69, 9.17) is 16.0 Å². The quantitative estimate of drug-likeness (QED) is 0.608. The summed E-state index contributed by atoms with van der Waals surface area (Å²) in [5.74, 6) is 0.789. The molecule has 0 bridgehead atoms. The zero-order valence-corrected chi connectivity index (χ0v) is 17.4. The van der Waals surface area contributed by atoms with Crippen LogP contribution < -0.4 is 0 Å². The van der Waals surface area contributed by atoms with Gasteiger partial charge in [-0.05, 0) is 37.1 Å². The topological polar surface area (TPSA) is 97.7 Å². The van der Waals surface area contributed by atoms with Gasteiger partial charge in [0.25, 0.3) is 0 Å². The molecule has 3 aromatic rings. The number of ketones is 1. The number of halogens is 1. The van der Waals surface area contributed by atoms with Gasteiger partial charge in [-0.2, -0.15) is 9.46 Å². The van der Waals surface area contributed by atoms with Gasteiger partial charge in [0.2, 0.25) is 11.7 Å². The lowest BCUT2D eigenvalue weighted by Gasteiger charge is -2.17. The Balaban J connectivity index is 1.90. The Bertz CT molecular complexity index is 1180. The third kappa shape index (κ3) is 3.70. The molecule has 0 unspecified atom stereocenters. The fourth-order valence-electron chi connectivity index (χ4n) is 3.39. The average molecular weight is 434 g/mol. The van der Waals surface area contributed by atoms with Crippen LogP contribution in [0.4, 0.5) is 5.69 Å². The van der Waals surface area contributed by atoms with Gasteiger partial charge in [-0.25, -0.2) is 8.89 Å². The molecule has 0 amide bonds. The van der Waals surface area contributed by atoms with Crippen LogP contribution in [0.3, 0.4) is 0 Å². The molecule has 0 atom stereocenters. The molecule has 0 aliphatic carbocycles. The second-order valence-electron chi connectivity index (χ2n) is 6.97. The number of aromatic nitrogens is 2. The van der Waals surface area contributed by atoms with Crippen LogP contribution in [0.25, 0.3) is 11.3 Å². The van der Waals surface area contributed by atoms with Gasteiger partial charge < -0.3 is 9.52 Å². The Morgan fingerprint density at radius 3 is 2.62 bits per heavy atom. The van der Waals surface area contributed by atoms with Gasteiger partial charge in [0.05, 0.1) is 27.2 Å². The Kier molecular flexibility index (Phi) is 5.23. The summed E-state index contributed by atoms with van der Waals surface area (Å²) < 4.78 is 24.5. The predicted octanol–water partition coefficient (Wildman–Crippen LogP) is 4.55. The van der Waals surface area contributed by atoms with E-state index in [0.29, 0.717) is 22.8 Å². The predicted molar refractivity (Wildman–Crippen MR) is 111 cm³/mol. The highest BCUT2D eigenvalue weighted by molar-refractivity contribution is 7.93. The number of aromatic hydroxyl groups is 1. The highest BCUT2D eigenvalue weighted by Crippen LogP contribution is 2.41. The van der Waals surface area contributed by atoms with E-state index in [1.165, 1.54) is 24.2 Å². The summed E-state index contributed by atoms with van der Waals surface area (Å²) >= 11 is 6.63. The first kappa shape index (κ1) is 19.7. The molecule has 0 saturated carbocycles. The van der Waals surface area contributed by atoms with Crippen molar-refractivity contribution in [2.45, 2.75) is 19.3 Å². The van der Waals surface area contributed by atoms with Crippen LogP contribution in [-0.4, -0.2) is 36.4 Å². The molecule has 1 fully saturated rings. The van der Waals surface area contributed by atoms with Gasteiger partial charge >= 0.3 is 0 Å². The standard InChI is InChI=1S/C20H20ClN3O4S/c1-24-20(26)15(12-22-24)19(25)14-8-7-13(16-6-5-9-28-16)18(17(14)21)23-29(27)10-3-2-4-11-29/h5-9,12,26H,2-4,10-11H2,1H3. The number of carbonyl (C=O) groups excluding carboxylic acids is 1. The summed E-state index contributed by atoms with van der Waals surface area (Å²) in [5.41, 5.74) is 1.04. The van der Waals surface area contributed by atoms with E-state index in [9.17, 15) is 14.1 Å². The molecular formula is C20H20ClN3O4S. The van der Waals surface area contributed by atoms with E-state index in [-0.39, 0.29) is 27.7 Å². The van der Waals surface area contributed by atoms with E-state index in [2.05, 4.69) is 9.46 Å². The molecule has 0 spiro atoms. The van der Waals surface area contributed by atoms with Crippen LogP contribution >= 0.6 is 11.6 Å². The molecule has 4 rings (SSSR count). The van der Waals surface area contributed by atoms with E-state index >= 15 is 0 Å². The summed E-state index contributed by atoms with van der Waals surface area (Å²) in [6.07, 6.45) is 5.54. The Morgan fingerprint density at radius 1 is 1.24 bits per heavy atom. The third-order valence-electron chi connectivity index (χ3n) is 4.98. The molecule has 152 valence electrons. The van der Waals surface area contributed by atoms with E-state index in [1.54, 1.807) is 24.3 Å². The first-order valence-corrected chi connectivity index (χ1v) is 11.5. The molecule has 1 saturated heterocycles. The minimum Gasteiger partial charge on any atom is -0.493 e. The van der Waals surface area contributed by atoms with Crippen LogP contribution in [0, 0.1) is 0 Å². The molecule has 1 aliphatic rings. The first-order chi connectivity index (χ1) is 13.9. The monoisotopic (exact) mass is 433 g/mol. The maximum Gasteiger partial charge on any atom is 0.220 e. The number of benzene rings is 1.